The fourth-order valence-electron chi connectivity index (χ4n) is 2.48. The summed E-state index contributed by atoms with van der Waals surface area (Å²) in [6.07, 6.45) is -5.98. The number of likely N-dealkylation sites (tertiary alicyclic amines) is 1. The summed E-state index contributed by atoms with van der Waals surface area (Å²) in [6, 6.07) is -0.426. The van der Waals surface area contributed by atoms with Gasteiger partial charge in [-0.25, -0.2) is 0 Å². The lowest BCUT2D eigenvalue weighted by Gasteiger charge is -2.34. The van der Waals surface area contributed by atoms with E-state index in [1.165, 1.54) is 11.8 Å². The van der Waals surface area contributed by atoms with Crippen LogP contribution >= 0.6 is 11.8 Å². The second kappa shape index (κ2) is 4.82. The van der Waals surface area contributed by atoms with E-state index < -0.39 is 36.3 Å². The fraction of sp³-hybridized carbons (Fsp3) is 0.909. The molecule has 0 saturated carbocycles. The van der Waals surface area contributed by atoms with Crippen LogP contribution in [0.15, 0.2) is 4.99 Å². The van der Waals surface area contributed by atoms with Crippen LogP contribution < -0.4 is 0 Å². The van der Waals surface area contributed by atoms with Gasteiger partial charge in [-0.2, -0.15) is 13.2 Å². The minimum Gasteiger partial charge on any atom is -0.391 e. The van der Waals surface area contributed by atoms with Crippen molar-refractivity contribution in [3.05, 3.63) is 0 Å². The number of fused-ring (bicyclic) bond motifs is 1. The van der Waals surface area contributed by atoms with Crippen molar-refractivity contribution in [3.63, 3.8) is 0 Å². The molecule has 3 heterocycles. The number of thioether (sulfide) groups is 1. The first-order valence-corrected chi connectivity index (χ1v) is 7.20. The molecular weight excluding hydrogens is 281 g/mol. The summed E-state index contributed by atoms with van der Waals surface area (Å²) in [5, 5.41) is 10.7. The summed E-state index contributed by atoms with van der Waals surface area (Å²) in [6.45, 7) is 1.85. The van der Waals surface area contributed by atoms with Gasteiger partial charge in [0.1, 0.15) is 11.5 Å². The van der Waals surface area contributed by atoms with Gasteiger partial charge in [0.05, 0.1) is 18.6 Å². The fourth-order valence-corrected chi connectivity index (χ4v) is 3.79. The first-order chi connectivity index (χ1) is 8.92. The highest BCUT2D eigenvalue weighted by atomic mass is 32.2. The van der Waals surface area contributed by atoms with Crippen LogP contribution in [0.1, 0.15) is 19.3 Å². The molecule has 4 atom stereocenters. The minimum absolute atomic E-state index is 0.00197. The van der Waals surface area contributed by atoms with Gasteiger partial charge >= 0.3 is 6.18 Å². The molecule has 1 N–H and O–H groups in total. The molecule has 4 nitrogen and oxygen atoms in total. The van der Waals surface area contributed by atoms with Crippen molar-refractivity contribution < 1.29 is 23.0 Å². The van der Waals surface area contributed by atoms with Crippen molar-refractivity contribution in [2.45, 2.75) is 49.1 Å². The van der Waals surface area contributed by atoms with Crippen molar-refractivity contribution in [1.29, 1.82) is 0 Å². The van der Waals surface area contributed by atoms with Crippen molar-refractivity contribution in [1.82, 2.24) is 4.90 Å². The molecule has 0 aromatic heterocycles. The Kier molecular flexibility index (Phi) is 3.43. The molecular formula is C11H15F3N2O2S. The van der Waals surface area contributed by atoms with Crippen molar-refractivity contribution in [3.8, 4) is 0 Å². The molecule has 3 aliphatic rings. The second-order valence-electron chi connectivity index (χ2n) is 5.11. The van der Waals surface area contributed by atoms with Crippen LogP contribution in [0.3, 0.4) is 0 Å². The predicted octanol–water partition coefficient (Wildman–Crippen LogP) is 1.59. The quantitative estimate of drug-likeness (QED) is 0.798. The highest BCUT2D eigenvalue weighted by Gasteiger charge is 2.46. The third-order valence-electron chi connectivity index (χ3n) is 3.57. The zero-order valence-electron chi connectivity index (χ0n) is 10.1. The van der Waals surface area contributed by atoms with E-state index in [2.05, 4.69) is 9.89 Å². The van der Waals surface area contributed by atoms with Gasteiger partial charge in [-0.1, -0.05) is 11.8 Å². The number of alkyl halides is 3. The average Bonchev–Trinajstić information content (AvgIpc) is 2.55. The number of aliphatic hydroxyl groups excluding tert-OH is 1. The first kappa shape index (κ1) is 13.5. The molecule has 8 heteroatoms. The number of halogens is 3. The first-order valence-electron chi connectivity index (χ1n) is 6.32. The largest absolute Gasteiger partial charge is 0.391 e. The molecule has 0 aromatic rings. The van der Waals surface area contributed by atoms with Gasteiger partial charge in [-0.3, -0.25) is 4.99 Å². The van der Waals surface area contributed by atoms with Crippen molar-refractivity contribution in [2.75, 3.05) is 13.1 Å². The van der Waals surface area contributed by atoms with Crippen molar-refractivity contribution >= 4 is 16.9 Å². The average molecular weight is 296 g/mol. The summed E-state index contributed by atoms with van der Waals surface area (Å²) >= 11 is 1.34. The maximum absolute atomic E-state index is 12.4. The Morgan fingerprint density at radius 3 is 2.74 bits per heavy atom. The van der Waals surface area contributed by atoms with Crippen LogP contribution in [0.5, 0.6) is 0 Å². The van der Waals surface area contributed by atoms with E-state index in [0.29, 0.717) is 0 Å². The molecule has 2 fully saturated rings. The molecule has 4 unspecified atom stereocenters. The van der Waals surface area contributed by atoms with E-state index in [0.717, 1.165) is 24.7 Å². The Labute approximate surface area is 113 Å². The molecule has 108 valence electrons. The maximum atomic E-state index is 12.4. The topological polar surface area (TPSA) is 45.1 Å². The van der Waals surface area contributed by atoms with Crippen LogP contribution in [0.25, 0.3) is 0 Å². The van der Waals surface area contributed by atoms with Gasteiger partial charge in [-0.15, -0.1) is 0 Å². The van der Waals surface area contributed by atoms with Crippen LogP contribution in [-0.4, -0.2) is 58.1 Å². The van der Waals surface area contributed by atoms with Gasteiger partial charge in [0.2, 0.25) is 0 Å². The van der Waals surface area contributed by atoms with E-state index >= 15 is 0 Å². The summed E-state index contributed by atoms with van der Waals surface area (Å²) in [7, 11) is 0. The Morgan fingerprint density at radius 1 is 1.42 bits per heavy atom. The highest BCUT2D eigenvalue weighted by Crippen LogP contribution is 2.40. The number of rotatable bonds is 1. The molecule has 3 rings (SSSR count). The van der Waals surface area contributed by atoms with E-state index in [1.807, 2.05) is 0 Å². The number of aliphatic hydroxyl groups is 1. The van der Waals surface area contributed by atoms with Crippen LogP contribution in [0.2, 0.25) is 0 Å². The molecule has 0 aliphatic carbocycles. The summed E-state index contributed by atoms with van der Waals surface area (Å²) < 4.78 is 42.6. The highest BCUT2D eigenvalue weighted by molar-refractivity contribution is 8.14. The van der Waals surface area contributed by atoms with E-state index in [-0.39, 0.29) is 6.42 Å². The van der Waals surface area contributed by atoms with Crippen LogP contribution in [-0.2, 0) is 4.74 Å². The van der Waals surface area contributed by atoms with Crippen molar-refractivity contribution in [2.24, 2.45) is 4.99 Å². The SMILES string of the molecule is OC1CC(CC(F)(F)F)OC2SC(N3CCC3)=NC12. The van der Waals surface area contributed by atoms with E-state index in [1.54, 1.807) is 0 Å². The third kappa shape index (κ3) is 2.85. The summed E-state index contributed by atoms with van der Waals surface area (Å²) in [5.74, 6) is 0. The molecule has 0 spiro atoms. The summed E-state index contributed by atoms with van der Waals surface area (Å²) in [5.41, 5.74) is -0.480. The molecule has 0 bridgehead atoms. The number of hydrogen-bond acceptors (Lipinski definition) is 5. The van der Waals surface area contributed by atoms with Gasteiger partial charge in [-0.05, 0) is 6.42 Å². The zero-order valence-corrected chi connectivity index (χ0v) is 11.0. The minimum atomic E-state index is -4.26. The smallest absolute Gasteiger partial charge is 0.391 e. The normalized spacial score (nSPS) is 38.7. The zero-order chi connectivity index (χ0) is 13.6. The Morgan fingerprint density at radius 2 is 2.16 bits per heavy atom. The Balaban J connectivity index is 1.63. The van der Waals surface area contributed by atoms with Gasteiger partial charge < -0.3 is 14.7 Å². The third-order valence-corrected chi connectivity index (χ3v) is 4.77. The monoisotopic (exact) mass is 296 g/mol. The molecule has 0 radical (unpaired) electrons. The molecule has 19 heavy (non-hydrogen) atoms. The number of aliphatic imine (C=N–C) groups is 1. The van der Waals surface area contributed by atoms with Crippen LogP contribution in [0, 0.1) is 0 Å². The number of hydrogen-bond donors (Lipinski definition) is 1. The molecule has 0 aromatic carbocycles. The standard InChI is InChI=1S/C11H15F3N2O2S/c12-11(13,14)5-6-4-7(17)8-9(18-6)19-10(15-8)16-2-1-3-16/h6-9,17H,1-5H2. The predicted molar refractivity (Wildman–Crippen MR) is 65.0 cm³/mol. The van der Waals surface area contributed by atoms with Gasteiger partial charge in [0.25, 0.3) is 0 Å². The van der Waals surface area contributed by atoms with Gasteiger partial charge in [0.15, 0.2) is 5.17 Å². The molecule has 2 saturated heterocycles. The molecule has 3 aliphatic heterocycles. The lowest BCUT2D eigenvalue weighted by Crippen LogP contribution is -2.45. The summed E-state index contributed by atoms with van der Waals surface area (Å²) in [4.78, 5) is 6.46. The maximum Gasteiger partial charge on any atom is 0.391 e. The van der Waals surface area contributed by atoms with E-state index in [4.69, 9.17) is 4.74 Å². The Hall–Kier alpha value is -0.470. The Bertz CT molecular complexity index is 387. The number of amidine groups is 1. The second-order valence-corrected chi connectivity index (χ2v) is 6.18. The van der Waals surface area contributed by atoms with Gasteiger partial charge in [0, 0.05) is 19.5 Å². The number of nitrogens with zero attached hydrogens (tertiary/aromatic N) is 2. The lowest BCUT2D eigenvalue weighted by molar-refractivity contribution is -0.177. The number of ether oxygens (including phenoxy) is 1. The van der Waals surface area contributed by atoms with Crippen LogP contribution in [0.4, 0.5) is 13.2 Å². The lowest BCUT2D eigenvalue weighted by atomic mass is 9.99. The molecule has 0 amide bonds. The van der Waals surface area contributed by atoms with E-state index in [9.17, 15) is 18.3 Å².